The van der Waals surface area contributed by atoms with Crippen molar-refractivity contribution in [3.05, 3.63) is 0 Å². The summed E-state index contributed by atoms with van der Waals surface area (Å²) in [6, 6.07) is 0.868. The standard InChI is InChI=1S/C10H21NO2.C10H21NO/c1-10(2,3)11-7-4-5-8(12)9(13)6-7;1-10(2,3)11-8-5-4-6-9(12)7-8/h7-9,11-13H,4-6H2,1-3H3;8-9,11-12H,4-7H2,1-3H3/t7?,8-,9+;/m0./s1. The molecule has 5 nitrogen and oxygen atoms in total. The van der Waals surface area contributed by atoms with E-state index in [4.69, 9.17) is 0 Å². The summed E-state index contributed by atoms with van der Waals surface area (Å²) >= 11 is 0. The predicted molar refractivity (Wildman–Crippen MR) is 104 cm³/mol. The molecule has 0 aromatic heterocycles. The summed E-state index contributed by atoms with van der Waals surface area (Å²) in [5.41, 5.74) is 0.272. The van der Waals surface area contributed by atoms with E-state index in [1.807, 2.05) is 0 Å². The summed E-state index contributed by atoms with van der Waals surface area (Å²) in [5.74, 6) is 0. The van der Waals surface area contributed by atoms with Gasteiger partial charge in [0, 0.05) is 23.2 Å². The first kappa shape index (κ1) is 22.8. The molecule has 0 spiro atoms. The van der Waals surface area contributed by atoms with Crippen molar-refractivity contribution in [1.29, 1.82) is 0 Å². The van der Waals surface area contributed by atoms with Crippen molar-refractivity contribution in [2.45, 2.75) is 128 Å². The van der Waals surface area contributed by atoms with Crippen LogP contribution in [0.3, 0.4) is 0 Å². The van der Waals surface area contributed by atoms with Gasteiger partial charge >= 0.3 is 0 Å². The van der Waals surface area contributed by atoms with Crippen molar-refractivity contribution in [1.82, 2.24) is 10.6 Å². The quantitative estimate of drug-likeness (QED) is 0.523. The molecule has 0 radical (unpaired) electrons. The lowest BCUT2D eigenvalue weighted by atomic mass is 9.89. The first-order valence-corrected chi connectivity index (χ1v) is 9.95. The van der Waals surface area contributed by atoms with Crippen LogP contribution in [0.2, 0.25) is 0 Å². The van der Waals surface area contributed by atoms with Crippen LogP contribution in [-0.4, -0.2) is 56.8 Å². The summed E-state index contributed by atoms with van der Waals surface area (Å²) in [6.07, 6.45) is 5.48. The fraction of sp³-hybridized carbons (Fsp3) is 1.00. The monoisotopic (exact) mass is 358 g/mol. The SMILES string of the molecule is CC(C)(C)NC1CCCC(O)C1.CC(C)(C)NC1CC[C@H](O)[C@H](O)C1. The van der Waals surface area contributed by atoms with Gasteiger partial charge in [0.05, 0.1) is 18.3 Å². The van der Waals surface area contributed by atoms with Gasteiger partial charge in [-0.3, -0.25) is 0 Å². The lowest BCUT2D eigenvalue weighted by Gasteiger charge is -2.35. The molecule has 0 aliphatic heterocycles. The van der Waals surface area contributed by atoms with Gasteiger partial charge in [0.15, 0.2) is 0 Å². The second kappa shape index (κ2) is 9.65. The van der Waals surface area contributed by atoms with E-state index < -0.39 is 12.2 Å². The first-order valence-electron chi connectivity index (χ1n) is 9.95. The Kier molecular flexibility index (Phi) is 8.82. The van der Waals surface area contributed by atoms with Gasteiger partial charge in [-0.25, -0.2) is 0 Å². The van der Waals surface area contributed by atoms with E-state index >= 15 is 0 Å². The number of hydrogen-bond donors (Lipinski definition) is 5. The van der Waals surface area contributed by atoms with Crippen LogP contribution < -0.4 is 10.6 Å². The van der Waals surface area contributed by atoms with Crippen LogP contribution in [0, 0.1) is 0 Å². The summed E-state index contributed by atoms with van der Waals surface area (Å²) in [6.45, 7) is 12.9. The van der Waals surface area contributed by atoms with Crippen LogP contribution in [0.25, 0.3) is 0 Å². The smallest absolute Gasteiger partial charge is 0.0813 e. The molecule has 2 rings (SSSR count). The molecule has 2 saturated carbocycles. The fourth-order valence-electron chi connectivity index (χ4n) is 3.78. The first-order chi connectivity index (χ1) is 11.4. The normalized spacial score (nSPS) is 34.2. The highest BCUT2D eigenvalue weighted by Gasteiger charge is 2.29. The van der Waals surface area contributed by atoms with E-state index in [2.05, 4.69) is 52.2 Å². The van der Waals surface area contributed by atoms with Gasteiger partial charge in [0.2, 0.25) is 0 Å². The maximum Gasteiger partial charge on any atom is 0.0813 e. The van der Waals surface area contributed by atoms with Gasteiger partial charge in [0.1, 0.15) is 0 Å². The van der Waals surface area contributed by atoms with Crippen LogP contribution in [0.5, 0.6) is 0 Å². The lowest BCUT2D eigenvalue weighted by molar-refractivity contribution is -0.0206. The van der Waals surface area contributed by atoms with Crippen molar-refractivity contribution >= 4 is 0 Å². The number of hydrogen-bond acceptors (Lipinski definition) is 5. The number of nitrogens with one attached hydrogen (secondary N) is 2. The molecule has 2 fully saturated rings. The zero-order valence-electron chi connectivity index (χ0n) is 17.2. The van der Waals surface area contributed by atoms with E-state index in [0.717, 1.165) is 25.7 Å². The summed E-state index contributed by atoms with van der Waals surface area (Å²) in [7, 11) is 0. The molecule has 0 amide bonds. The molecule has 0 heterocycles. The van der Waals surface area contributed by atoms with Crippen molar-refractivity contribution in [2.75, 3.05) is 0 Å². The number of aliphatic hydroxyl groups is 3. The zero-order valence-corrected chi connectivity index (χ0v) is 17.2. The van der Waals surface area contributed by atoms with Gasteiger partial charge in [-0.2, -0.15) is 0 Å². The van der Waals surface area contributed by atoms with Crippen molar-refractivity contribution in [2.24, 2.45) is 0 Å². The Labute approximate surface area is 154 Å². The summed E-state index contributed by atoms with van der Waals surface area (Å²) in [4.78, 5) is 0. The van der Waals surface area contributed by atoms with Crippen molar-refractivity contribution in [3.63, 3.8) is 0 Å². The van der Waals surface area contributed by atoms with Gasteiger partial charge in [0.25, 0.3) is 0 Å². The van der Waals surface area contributed by atoms with Crippen molar-refractivity contribution < 1.29 is 15.3 Å². The van der Waals surface area contributed by atoms with Crippen LogP contribution >= 0.6 is 0 Å². The Hall–Kier alpha value is -0.200. The van der Waals surface area contributed by atoms with Gasteiger partial charge in [-0.15, -0.1) is 0 Å². The minimum Gasteiger partial charge on any atom is -0.393 e. The Balaban J connectivity index is 0.000000251. The number of aliphatic hydroxyl groups excluding tert-OH is 3. The molecule has 2 aliphatic carbocycles. The minimum absolute atomic E-state index is 0.0707. The number of rotatable bonds is 2. The van der Waals surface area contributed by atoms with Crippen molar-refractivity contribution in [3.8, 4) is 0 Å². The largest absolute Gasteiger partial charge is 0.393 e. The molecule has 3 unspecified atom stereocenters. The van der Waals surface area contributed by atoms with Crippen LogP contribution in [0.1, 0.15) is 86.5 Å². The maximum atomic E-state index is 9.45. The Bertz CT molecular complexity index is 376. The molecule has 5 atom stereocenters. The zero-order chi connectivity index (χ0) is 19.3. The molecule has 0 bridgehead atoms. The molecule has 5 heteroatoms. The fourth-order valence-corrected chi connectivity index (χ4v) is 3.78. The lowest BCUT2D eigenvalue weighted by Crippen LogP contribution is -2.49. The Morgan fingerprint density at radius 2 is 1.16 bits per heavy atom. The maximum absolute atomic E-state index is 9.45. The summed E-state index contributed by atoms with van der Waals surface area (Å²) < 4.78 is 0. The third-order valence-corrected chi connectivity index (χ3v) is 4.70. The molecule has 25 heavy (non-hydrogen) atoms. The van der Waals surface area contributed by atoms with Crippen LogP contribution in [0.15, 0.2) is 0 Å². The van der Waals surface area contributed by atoms with Gasteiger partial charge < -0.3 is 26.0 Å². The van der Waals surface area contributed by atoms with E-state index in [0.29, 0.717) is 24.9 Å². The van der Waals surface area contributed by atoms with E-state index in [9.17, 15) is 15.3 Å². The van der Waals surface area contributed by atoms with Crippen LogP contribution in [-0.2, 0) is 0 Å². The second-order valence-corrected chi connectivity index (χ2v) is 9.95. The average Bonchev–Trinajstić information content (AvgIpc) is 2.40. The summed E-state index contributed by atoms with van der Waals surface area (Å²) in [5, 5.41) is 35.2. The molecule has 2 aliphatic rings. The third kappa shape index (κ3) is 10.5. The predicted octanol–water partition coefficient (Wildman–Crippen LogP) is 2.33. The average molecular weight is 359 g/mol. The Morgan fingerprint density at radius 1 is 0.640 bits per heavy atom. The highest BCUT2D eigenvalue weighted by molar-refractivity contribution is 4.87. The molecule has 0 aromatic rings. The van der Waals surface area contributed by atoms with Gasteiger partial charge in [-0.05, 0) is 86.5 Å². The van der Waals surface area contributed by atoms with E-state index in [-0.39, 0.29) is 17.2 Å². The van der Waals surface area contributed by atoms with Crippen LogP contribution in [0.4, 0.5) is 0 Å². The van der Waals surface area contributed by atoms with E-state index in [1.54, 1.807) is 0 Å². The molecular formula is C20H42N2O3. The third-order valence-electron chi connectivity index (χ3n) is 4.70. The highest BCUT2D eigenvalue weighted by atomic mass is 16.3. The molecule has 0 saturated heterocycles. The second-order valence-electron chi connectivity index (χ2n) is 9.95. The van der Waals surface area contributed by atoms with E-state index in [1.165, 1.54) is 6.42 Å². The molecule has 0 aromatic carbocycles. The molecule has 5 N–H and O–H groups in total. The molecule has 150 valence electrons. The Morgan fingerprint density at radius 3 is 1.60 bits per heavy atom. The molecular weight excluding hydrogens is 316 g/mol. The van der Waals surface area contributed by atoms with Gasteiger partial charge in [-0.1, -0.05) is 0 Å². The topological polar surface area (TPSA) is 84.8 Å². The minimum atomic E-state index is -0.548. The highest BCUT2D eigenvalue weighted by Crippen LogP contribution is 2.21.